The molecule has 0 bridgehead atoms. The van der Waals surface area contributed by atoms with Gasteiger partial charge in [0.2, 0.25) is 0 Å². The van der Waals surface area contributed by atoms with Crippen LogP contribution in [0.2, 0.25) is 0 Å². The van der Waals surface area contributed by atoms with E-state index in [0.29, 0.717) is 0 Å². The molecule has 1 aromatic rings. The molecule has 0 aromatic carbocycles. The Morgan fingerprint density at radius 3 is 3.06 bits per heavy atom. The van der Waals surface area contributed by atoms with E-state index in [2.05, 4.69) is 16.8 Å². The highest BCUT2D eigenvalue weighted by atomic mass is 32.1. The van der Waals surface area contributed by atoms with Crippen molar-refractivity contribution in [3.8, 4) is 0 Å². The fourth-order valence-electron chi connectivity index (χ4n) is 2.28. The summed E-state index contributed by atoms with van der Waals surface area (Å²) in [5, 5.41) is 10.1. The van der Waals surface area contributed by atoms with Crippen molar-refractivity contribution in [3.63, 3.8) is 0 Å². The number of nitrogens with zero attached hydrogens (tertiary/aromatic N) is 2. The zero-order valence-corrected chi connectivity index (χ0v) is 10.7. The zero-order valence-electron chi connectivity index (χ0n) is 9.85. The molecule has 2 heterocycles. The van der Waals surface area contributed by atoms with Crippen LogP contribution in [0.5, 0.6) is 0 Å². The third kappa shape index (κ3) is 2.74. The lowest BCUT2D eigenvalue weighted by Crippen LogP contribution is -2.23. The summed E-state index contributed by atoms with van der Waals surface area (Å²) in [5.41, 5.74) is 0. The van der Waals surface area contributed by atoms with Gasteiger partial charge in [0.05, 0.1) is 11.5 Å². The molecule has 1 atom stereocenters. The lowest BCUT2D eigenvalue weighted by Gasteiger charge is -2.19. The van der Waals surface area contributed by atoms with Gasteiger partial charge in [-0.05, 0) is 25.2 Å². The molecule has 0 spiro atoms. The quantitative estimate of drug-likeness (QED) is 0.882. The molecule has 1 fully saturated rings. The summed E-state index contributed by atoms with van der Waals surface area (Å²) in [6, 6.07) is 0. The topological polar surface area (TPSA) is 36.4 Å². The second kappa shape index (κ2) is 5.64. The summed E-state index contributed by atoms with van der Waals surface area (Å²) >= 11 is 1.62. The van der Waals surface area contributed by atoms with Gasteiger partial charge < -0.3 is 10.0 Å². The Hall–Kier alpha value is -0.610. The van der Waals surface area contributed by atoms with Crippen LogP contribution in [-0.4, -0.2) is 23.2 Å². The van der Waals surface area contributed by atoms with Gasteiger partial charge in [-0.25, -0.2) is 4.98 Å². The summed E-state index contributed by atoms with van der Waals surface area (Å²) in [7, 11) is 0. The summed E-state index contributed by atoms with van der Waals surface area (Å²) in [6.45, 7) is 4.64. The SMILES string of the molecule is CCC1CCCN(c2ncc(CO)s2)CC1. The Morgan fingerprint density at radius 1 is 1.50 bits per heavy atom. The molecular formula is C12H20N2OS. The monoisotopic (exact) mass is 240 g/mol. The predicted octanol–water partition coefficient (Wildman–Crippen LogP) is 2.65. The number of aliphatic hydroxyl groups is 1. The number of thiazole rings is 1. The highest BCUT2D eigenvalue weighted by Gasteiger charge is 2.17. The average molecular weight is 240 g/mol. The summed E-state index contributed by atoms with van der Waals surface area (Å²) in [4.78, 5) is 7.73. The Kier molecular flexibility index (Phi) is 4.18. The van der Waals surface area contributed by atoms with Crippen molar-refractivity contribution >= 4 is 16.5 Å². The molecule has 4 heteroatoms. The molecule has 1 N–H and O–H groups in total. The lowest BCUT2D eigenvalue weighted by atomic mass is 9.98. The van der Waals surface area contributed by atoms with E-state index in [9.17, 15) is 0 Å². The first kappa shape index (κ1) is 11.9. The van der Waals surface area contributed by atoms with Crippen LogP contribution in [0.3, 0.4) is 0 Å². The summed E-state index contributed by atoms with van der Waals surface area (Å²) in [6.07, 6.45) is 7.00. The van der Waals surface area contributed by atoms with Crippen molar-refractivity contribution in [3.05, 3.63) is 11.1 Å². The minimum Gasteiger partial charge on any atom is -0.391 e. The molecule has 1 aliphatic heterocycles. The summed E-state index contributed by atoms with van der Waals surface area (Å²) < 4.78 is 0. The van der Waals surface area contributed by atoms with Crippen LogP contribution >= 0.6 is 11.3 Å². The van der Waals surface area contributed by atoms with Crippen LogP contribution in [0.4, 0.5) is 5.13 Å². The highest BCUT2D eigenvalue weighted by Crippen LogP contribution is 2.27. The van der Waals surface area contributed by atoms with Gasteiger partial charge in [0, 0.05) is 19.3 Å². The normalized spacial score (nSPS) is 22.1. The molecule has 0 amide bonds. The van der Waals surface area contributed by atoms with E-state index in [4.69, 9.17) is 5.11 Å². The molecular weight excluding hydrogens is 220 g/mol. The van der Waals surface area contributed by atoms with E-state index >= 15 is 0 Å². The second-order valence-corrected chi connectivity index (χ2v) is 5.55. The number of aromatic nitrogens is 1. The van der Waals surface area contributed by atoms with Crippen molar-refractivity contribution in [2.24, 2.45) is 5.92 Å². The number of rotatable bonds is 3. The van der Waals surface area contributed by atoms with E-state index in [0.717, 1.165) is 29.0 Å². The third-order valence-electron chi connectivity index (χ3n) is 3.39. The molecule has 2 rings (SSSR count). The van der Waals surface area contributed by atoms with E-state index in [-0.39, 0.29) is 6.61 Å². The smallest absolute Gasteiger partial charge is 0.185 e. The standard InChI is InChI=1S/C12H20N2OS/c1-2-10-4-3-6-14(7-5-10)12-13-8-11(9-15)16-12/h8,10,15H,2-7,9H2,1H3. The van der Waals surface area contributed by atoms with Gasteiger partial charge in [-0.15, -0.1) is 0 Å². The molecule has 16 heavy (non-hydrogen) atoms. The van der Waals surface area contributed by atoms with Gasteiger partial charge in [-0.1, -0.05) is 24.7 Å². The maximum atomic E-state index is 9.04. The van der Waals surface area contributed by atoms with Crippen molar-refractivity contribution < 1.29 is 5.11 Å². The number of anilines is 1. The fraction of sp³-hybridized carbons (Fsp3) is 0.750. The Morgan fingerprint density at radius 2 is 2.38 bits per heavy atom. The molecule has 1 unspecified atom stereocenters. The Balaban J connectivity index is 1.99. The largest absolute Gasteiger partial charge is 0.391 e. The number of hydrogen-bond acceptors (Lipinski definition) is 4. The van der Waals surface area contributed by atoms with Crippen LogP contribution < -0.4 is 4.90 Å². The minimum absolute atomic E-state index is 0.114. The minimum atomic E-state index is 0.114. The Bertz CT molecular complexity index is 327. The first-order chi connectivity index (χ1) is 7.83. The third-order valence-corrected chi connectivity index (χ3v) is 4.44. The molecule has 0 aliphatic carbocycles. The van der Waals surface area contributed by atoms with Crippen LogP contribution in [0.15, 0.2) is 6.20 Å². The van der Waals surface area contributed by atoms with Crippen molar-refractivity contribution in [1.82, 2.24) is 4.98 Å². The number of hydrogen-bond donors (Lipinski definition) is 1. The molecule has 1 saturated heterocycles. The van der Waals surface area contributed by atoms with Crippen LogP contribution in [0.25, 0.3) is 0 Å². The van der Waals surface area contributed by atoms with Gasteiger partial charge in [-0.3, -0.25) is 0 Å². The molecule has 1 aromatic heterocycles. The van der Waals surface area contributed by atoms with Gasteiger partial charge in [-0.2, -0.15) is 0 Å². The van der Waals surface area contributed by atoms with Crippen LogP contribution in [-0.2, 0) is 6.61 Å². The van der Waals surface area contributed by atoms with Gasteiger partial charge in [0.25, 0.3) is 0 Å². The first-order valence-corrected chi connectivity index (χ1v) is 6.95. The molecule has 3 nitrogen and oxygen atoms in total. The zero-order chi connectivity index (χ0) is 11.4. The molecule has 1 aliphatic rings. The predicted molar refractivity (Wildman–Crippen MR) is 67.9 cm³/mol. The van der Waals surface area contributed by atoms with Crippen molar-refractivity contribution in [1.29, 1.82) is 0 Å². The maximum Gasteiger partial charge on any atom is 0.185 e. The maximum absolute atomic E-state index is 9.04. The van der Waals surface area contributed by atoms with E-state index in [1.807, 2.05) is 0 Å². The molecule has 0 saturated carbocycles. The average Bonchev–Trinajstić information content (AvgIpc) is 2.67. The van der Waals surface area contributed by atoms with E-state index in [1.165, 1.54) is 25.7 Å². The first-order valence-electron chi connectivity index (χ1n) is 6.14. The Labute approximate surface area is 101 Å². The van der Waals surface area contributed by atoms with E-state index in [1.54, 1.807) is 17.5 Å². The van der Waals surface area contributed by atoms with Crippen molar-refractivity contribution in [2.75, 3.05) is 18.0 Å². The van der Waals surface area contributed by atoms with Gasteiger partial charge >= 0.3 is 0 Å². The number of aliphatic hydroxyl groups excluding tert-OH is 1. The van der Waals surface area contributed by atoms with E-state index < -0.39 is 0 Å². The van der Waals surface area contributed by atoms with Gasteiger partial charge in [0.1, 0.15) is 0 Å². The summed E-state index contributed by atoms with van der Waals surface area (Å²) in [5.74, 6) is 0.891. The molecule has 0 radical (unpaired) electrons. The highest BCUT2D eigenvalue weighted by molar-refractivity contribution is 7.15. The molecule has 90 valence electrons. The fourth-order valence-corrected chi connectivity index (χ4v) is 3.10. The van der Waals surface area contributed by atoms with Crippen LogP contribution in [0.1, 0.15) is 37.5 Å². The second-order valence-electron chi connectivity index (χ2n) is 4.46. The van der Waals surface area contributed by atoms with Crippen molar-refractivity contribution in [2.45, 2.75) is 39.2 Å². The van der Waals surface area contributed by atoms with Gasteiger partial charge in [0.15, 0.2) is 5.13 Å². The van der Waals surface area contributed by atoms with Crippen LogP contribution in [0, 0.1) is 5.92 Å². The lowest BCUT2D eigenvalue weighted by molar-refractivity contribution is 0.285.